The van der Waals surface area contributed by atoms with Crippen LogP contribution in [-0.2, 0) is 22.6 Å². The Morgan fingerprint density at radius 1 is 1.00 bits per heavy atom. The molecule has 0 fully saturated rings. The highest BCUT2D eigenvalue weighted by Gasteiger charge is 2.26. The van der Waals surface area contributed by atoms with Gasteiger partial charge < -0.3 is 10.2 Å². The van der Waals surface area contributed by atoms with Gasteiger partial charge in [-0.25, -0.2) is 0 Å². The second-order valence-corrected chi connectivity index (χ2v) is 8.50. The van der Waals surface area contributed by atoms with Crippen molar-refractivity contribution in [1.29, 1.82) is 0 Å². The van der Waals surface area contributed by atoms with Gasteiger partial charge in [-0.2, -0.15) is 0 Å². The largest absolute Gasteiger partial charge is 0.354 e. The quantitative estimate of drug-likeness (QED) is 0.681. The fraction of sp³-hybridized carbons (Fsp3) is 0.417. The van der Waals surface area contributed by atoms with Gasteiger partial charge in [0.05, 0.1) is 6.42 Å². The van der Waals surface area contributed by atoms with Crippen LogP contribution in [-0.4, -0.2) is 29.3 Å². The van der Waals surface area contributed by atoms with Crippen molar-refractivity contribution in [2.24, 2.45) is 5.92 Å². The standard InChI is InChI=1S/C24H31ClN2O2/c1-16(2)14-26-24(29)19(5)27(15-21-7-6-8-22(25)12-21)23(28)13-20-10-9-17(3)18(4)11-20/h6-12,16,19H,13-15H2,1-5H3,(H,26,29)/t19-/m0/s1. The molecule has 29 heavy (non-hydrogen) atoms. The molecule has 0 radical (unpaired) electrons. The molecule has 0 aliphatic carbocycles. The van der Waals surface area contributed by atoms with Crippen LogP contribution in [0, 0.1) is 19.8 Å². The minimum absolute atomic E-state index is 0.0829. The van der Waals surface area contributed by atoms with E-state index in [9.17, 15) is 9.59 Å². The Kier molecular flexibility index (Phi) is 8.27. The molecule has 2 rings (SSSR count). The second-order valence-electron chi connectivity index (χ2n) is 8.06. The summed E-state index contributed by atoms with van der Waals surface area (Å²) in [5.74, 6) is 0.119. The molecule has 5 heteroatoms. The van der Waals surface area contributed by atoms with E-state index in [1.807, 2.05) is 64.1 Å². The molecule has 0 aliphatic rings. The third-order valence-electron chi connectivity index (χ3n) is 5.02. The highest BCUT2D eigenvalue weighted by molar-refractivity contribution is 6.30. The number of carbonyl (C=O) groups excluding carboxylic acids is 2. The van der Waals surface area contributed by atoms with Gasteiger partial charge in [-0.15, -0.1) is 0 Å². The van der Waals surface area contributed by atoms with E-state index in [2.05, 4.69) is 5.32 Å². The molecule has 2 aromatic rings. The Morgan fingerprint density at radius 3 is 2.34 bits per heavy atom. The summed E-state index contributed by atoms with van der Waals surface area (Å²) in [5.41, 5.74) is 4.19. The maximum Gasteiger partial charge on any atom is 0.242 e. The predicted octanol–water partition coefficient (Wildman–Crippen LogP) is 4.69. The minimum Gasteiger partial charge on any atom is -0.354 e. The number of aryl methyl sites for hydroxylation is 2. The van der Waals surface area contributed by atoms with Gasteiger partial charge >= 0.3 is 0 Å². The molecule has 0 spiro atoms. The summed E-state index contributed by atoms with van der Waals surface area (Å²) in [6.45, 7) is 10.9. The SMILES string of the molecule is Cc1ccc(CC(=O)N(Cc2cccc(Cl)c2)[C@@H](C)C(=O)NCC(C)C)cc1C. The molecular formula is C24H31ClN2O2. The van der Waals surface area contributed by atoms with E-state index in [4.69, 9.17) is 11.6 Å². The second kappa shape index (κ2) is 10.4. The monoisotopic (exact) mass is 414 g/mol. The van der Waals surface area contributed by atoms with Crippen LogP contribution in [0.3, 0.4) is 0 Å². The van der Waals surface area contributed by atoms with Crippen molar-refractivity contribution in [2.75, 3.05) is 6.54 Å². The summed E-state index contributed by atoms with van der Waals surface area (Å²) in [6, 6.07) is 12.9. The lowest BCUT2D eigenvalue weighted by atomic mass is 10.0. The van der Waals surface area contributed by atoms with Crippen LogP contribution in [0.15, 0.2) is 42.5 Å². The van der Waals surface area contributed by atoms with E-state index < -0.39 is 6.04 Å². The van der Waals surface area contributed by atoms with Crippen molar-refractivity contribution in [1.82, 2.24) is 10.2 Å². The van der Waals surface area contributed by atoms with E-state index in [1.165, 1.54) is 5.56 Å². The number of nitrogens with one attached hydrogen (secondary N) is 1. The minimum atomic E-state index is -0.577. The van der Waals surface area contributed by atoms with Crippen molar-refractivity contribution in [2.45, 2.75) is 53.6 Å². The molecule has 0 saturated carbocycles. The van der Waals surface area contributed by atoms with Gasteiger partial charge in [0.15, 0.2) is 0 Å². The van der Waals surface area contributed by atoms with Gasteiger partial charge in [0.25, 0.3) is 0 Å². The highest BCUT2D eigenvalue weighted by Crippen LogP contribution is 2.17. The number of hydrogen-bond donors (Lipinski definition) is 1. The molecule has 4 nitrogen and oxygen atoms in total. The van der Waals surface area contributed by atoms with Gasteiger partial charge in [0.1, 0.15) is 6.04 Å². The molecule has 0 unspecified atom stereocenters. The lowest BCUT2D eigenvalue weighted by Crippen LogP contribution is -2.48. The van der Waals surface area contributed by atoms with Crippen LogP contribution in [0.2, 0.25) is 5.02 Å². The molecule has 0 heterocycles. The number of carbonyl (C=O) groups is 2. The lowest BCUT2D eigenvalue weighted by molar-refractivity contribution is -0.140. The first-order valence-corrected chi connectivity index (χ1v) is 10.4. The Labute approximate surface area is 179 Å². The Balaban J connectivity index is 2.23. The predicted molar refractivity (Wildman–Crippen MR) is 119 cm³/mol. The number of halogens is 1. The van der Waals surface area contributed by atoms with Crippen LogP contribution < -0.4 is 5.32 Å². The fourth-order valence-electron chi connectivity index (χ4n) is 3.06. The third kappa shape index (κ3) is 6.90. The normalized spacial score (nSPS) is 12.0. The zero-order valence-electron chi connectivity index (χ0n) is 18.0. The van der Waals surface area contributed by atoms with Gasteiger partial charge in [-0.3, -0.25) is 9.59 Å². The number of hydrogen-bond acceptors (Lipinski definition) is 2. The van der Waals surface area contributed by atoms with Crippen LogP contribution in [0.4, 0.5) is 0 Å². The fourth-order valence-corrected chi connectivity index (χ4v) is 3.27. The van der Waals surface area contributed by atoms with Gasteiger partial charge in [-0.1, -0.05) is 55.8 Å². The van der Waals surface area contributed by atoms with E-state index >= 15 is 0 Å². The molecule has 0 aromatic heterocycles. The third-order valence-corrected chi connectivity index (χ3v) is 5.26. The van der Waals surface area contributed by atoms with E-state index in [0.717, 1.165) is 16.7 Å². The molecule has 1 N–H and O–H groups in total. The van der Waals surface area contributed by atoms with Crippen molar-refractivity contribution < 1.29 is 9.59 Å². The molecule has 0 aliphatic heterocycles. The van der Waals surface area contributed by atoms with Crippen molar-refractivity contribution in [3.05, 3.63) is 69.7 Å². The molecular weight excluding hydrogens is 384 g/mol. The van der Waals surface area contributed by atoms with Crippen LogP contribution in [0.5, 0.6) is 0 Å². The summed E-state index contributed by atoms with van der Waals surface area (Å²) < 4.78 is 0. The van der Waals surface area contributed by atoms with Gasteiger partial charge in [-0.05, 0) is 61.1 Å². The number of benzene rings is 2. The topological polar surface area (TPSA) is 49.4 Å². The maximum atomic E-state index is 13.2. The number of amides is 2. The first-order valence-electron chi connectivity index (χ1n) is 10.0. The lowest BCUT2D eigenvalue weighted by Gasteiger charge is -2.29. The first kappa shape index (κ1) is 23.0. The average Bonchev–Trinajstić information content (AvgIpc) is 2.66. The van der Waals surface area contributed by atoms with Crippen LogP contribution >= 0.6 is 11.6 Å². The highest BCUT2D eigenvalue weighted by atomic mass is 35.5. The smallest absolute Gasteiger partial charge is 0.242 e. The zero-order valence-corrected chi connectivity index (χ0v) is 18.7. The summed E-state index contributed by atoms with van der Waals surface area (Å²) in [5, 5.41) is 3.55. The molecule has 1 atom stereocenters. The van der Waals surface area contributed by atoms with Crippen molar-refractivity contribution >= 4 is 23.4 Å². The molecule has 2 aromatic carbocycles. The molecule has 2 amide bonds. The van der Waals surface area contributed by atoms with Crippen molar-refractivity contribution in [3.8, 4) is 0 Å². The Bertz CT molecular complexity index is 864. The van der Waals surface area contributed by atoms with E-state index in [1.54, 1.807) is 17.9 Å². The molecule has 156 valence electrons. The number of nitrogens with zero attached hydrogens (tertiary/aromatic N) is 1. The van der Waals surface area contributed by atoms with E-state index in [-0.39, 0.29) is 18.2 Å². The molecule has 0 saturated heterocycles. The summed E-state index contributed by atoms with van der Waals surface area (Å²) in [4.78, 5) is 27.5. The summed E-state index contributed by atoms with van der Waals surface area (Å²) >= 11 is 6.11. The average molecular weight is 415 g/mol. The summed E-state index contributed by atoms with van der Waals surface area (Å²) in [7, 11) is 0. The maximum absolute atomic E-state index is 13.2. The van der Waals surface area contributed by atoms with E-state index in [0.29, 0.717) is 24.0 Å². The van der Waals surface area contributed by atoms with Crippen LogP contribution in [0.25, 0.3) is 0 Å². The zero-order chi connectivity index (χ0) is 21.6. The van der Waals surface area contributed by atoms with Gasteiger partial charge in [0, 0.05) is 18.1 Å². The summed E-state index contributed by atoms with van der Waals surface area (Å²) in [6.07, 6.45) is 0.253. The van der Waals surface area contributed by atoms with Crippen LogP contribution in [0.1, 0.15) is 43.0 Å². The Hall–Kier alpha value is -2.33. The van der Waals surface area contributed by atoms with Gasteiger partial charge in [0.2, 0.25) is 11.8 Å². The van der Waals surface area contributed by atoms with Crippen molar-refractivity contribution in [3.63, 3.8) is 0 Å². The first-order chi connectivity index (χ1) is 13.7. The molecule has 0 bridgehead atoms. The Morgan fingerprint density at radius 2 is 1.72 bits per heavy atom. The number of rotatable bonds is 8.